The first-order valence-electron chi connectivity index (χ1n) is 39.1. The van der Waals surface area contributed by atoms with E-state index in [0.717, 1.165) is 117 Å². The number of benzene rings is 10. The van der Waals surface area contributed by atoms with Crippen LogP contribution in [0.5, 0.6) is 5.75 Å². The van der Waals surface area contributed by atoms with Gasteiger partial charge in [0.15, 0.2) is 34.0 Å². The van der Waals surface area contributed by atoms with Crippen LogP contribution in [0.3, 0.4) is 0 Å². The Balaban J connectivity index is 0.000000128. The summed E-state index contributed by atoms with van der Waals surface area (Å²) in [6.07, 6.45) is 0.480. The SMILES string of the molecule is C.C.CCC(=O)c1ccc(-c2nn(C)c3nnc(-c4ccccc4)c(Cl)c23)cc1.COc1ccc(-c2nn(C)c3nnc(-c4ccccc4)c(Cl)c23)cc1.Cc1ccc(-c2nn(C)c3nnc(-c4ccccc4)c(Cl)c23)cc1.Cn1nc(-c2ccc(C#N)cc2)c2c(Cl)c(-c3ccccc3)nnc21.Cn1nc(-c2ccc(Cl)cc2)c2c(Cl)c(-c3ccccc3)nnc21. The Labute approximate surface area is 761 Å². The average Bonchev–Trinajstić information content (AvgIpc) is 1.65. The molecule has 20 rings (SSSR count). The fourth-order valence-corrected chi connectivity index (χ4v) is 15.9. The van der Waals surface area contributed by atoms with Crippen LogP contribution in [0.2, 0.25) is 30.1 Å². The molecule has 0 N–H and O–H groups in total. The number of aryl methyl sites for hydroxylation is 6. The van der Waals surface area contributed by atoms with Gasteiger partial charge in [0.1, 0.15) is 62.7 Å². The van der Waals surface area contributed by atoms with Crippen molar-refractivity contribution in [3.63, 3.8) is 0 Å². The molecule has 0 fully saturated rings. The molecule has 0 atom stereocenters. The van der Waals surface area contributed by atoms with E-state index in [-0.39, 0.29) is 20.6 Å². The highest BCUT2D eigenvalue weighted by Gasteiger charge is 2.27. The lowest BCUT2D eigenvalue weighted by Gasteiger charge is -2.05. The third-order valence-electron chi connectivity index (χ3n) is 20.6. The Morgan fingerprint density at radius 3 is 0.764 bits per heavy atom. The number of nitrogens with zero attached hydrogens (tertiary/aromatic N) is 21. The normalized spacial score (nSPS) is 10.8. The number of aromatic nitrogens is 20. The Morgan fingerprint density at radius 1 is 0.307 bits per heavy atom. The van der Waals surface area contributed by atoms with Crippen LogP contribution in [0.25, 0.3) is 168 Å². The van der Waals surface area contributed by atoms with Gasteiger partial charge >= 0.3 is 0 Å². The van der Waals surface area contributed by atoms with Crippen molar-refractivity contribution in [3.05, 3.63) is 320 Å². The summed E-state index contributed by atoms with van der Waals surface area (Å²) < 4.78 is 13.7. The van der Waals surface area contributed by atoms with E-state index in [4.69, 9.17) is 79.6 Å². The van der Waals surface area contributed by atoms with Gasteiger partial charge < -0.3 is 4.74 Å². The highest BCUT2D eigenvalue weighted by molar-refractivity contribution is 6.41. The lowest BCUT2D eigenvalue weighted by atomic mass is 10.0. The maximum absolute atomic E-state index is 11.9. The van der Waals surface area contributed by atoms with Gasteiger partial charge in [-0.05, 0) is 55.5 Å². The largest absolute Gasteiger partial charge is 0.497 e. The molecular weight excluding hydrogens is 1720 g/mol. The number of hydrogen-bond donors (Lipinski definition) is 0. The molecule has 0 radical (unpaired) electrons. The predicted octanol–water partition coefficient (Wildman–Crippen LogP) is 24.5. The third kappa shape index (κ3) is 18.3. The molecule has 0 aliphatic rings. The lowest BCUT2D eigenvalue weighted by Crippen LogP contribution is -1.95. The molecule has 127 heavy (non-hydrogen) atoms. The monoisotopic (exact) mass is 1790 g/mol. The van der Waals surface area contributed by atoms with Gasteiger partial charge in [-0.2, -0.15) is 30.8 Å². The molecule has 10 aromatic heterocycles. The summed E-state index contributed by atoms with van der Waals surface area (Å²) in [4.78, 5) is 11.9. The lowest BCUT2D eigenvalue weighted by molar-refractivity contribution is 0.0988. The second-order valence-corrected chi connectivity index (χ2v) is 31.0. The van der Waals surface area contributed by atoms with Crippen LogP contribution in [-0.4, -0.2) is 113 Å². The summed E-state index contributed by atoms with van der Waals surface area (Å²) >= 11 is 39.6. The first kappa shape index (κ1) is 88.9. The zero-order valence-corrected chi connectivity index (χ0v) is 72.7. The topological polar surface area (TPSA) is 268 Å². The highest BCUT2D eigenvalue weighted by atomic mass is 35.5. The maximum Gasteiger partial charge on any atom is 0.182 e. The molecule has 0 saturated carbocycles. The van der Waals surface area contributed by atoms with E-state index in [1.807, 2.05) is 279 Å². The molecule has 23 nitrogen and oxygen atoms in total. The molecule has 29 heteroatoms. The number of ketones is 1. The molecular formula is C98H79Cl6N21O2. The third-order valence-corrected chi connectivity index (χ3v) is 22.7. The van der Waals surface area contributed by atoms with Gasteiger partial charge in [-0.15, -0.1) is 51.0 Å². The summed E-state index contributed by atoms with van der Waals surface area (Å²) in [6, 6.07) is 89.0. The van der Waals surface area contributed by atoms with Crippen molar-refractivity contribution in [2.24, 2.45) is 35.2 Å². The van der Waals surface area contributed by atoms with Crippen LogP contribution in [-0.2, 0) is 35.2 Å². The standard InChI is InChI=1S/C21H17ClN4O.C19H12ClN5.C19H15ClN4O.C19H15ClN4.C18H12Cl2N4.2CH4/c1-3-16(27)13-9-11-15(12-10-13)19-17-18(22)20(14-7-5-4-6-8-14)23-24-21(17)26(2)25-19;1-25-19-15(17(24-25)14-9-7-12(11-21)8-10-14)16(20)18(22-23-19)13-5-3-2-4-6-13;1-24-19-15(17(23-24)13-8-10-14(25-2)11-9-13)16(20)18(21-22-19)12-6-4-3-5-7-12;1-12-8-10-14(11-9-12)17-15-16(20)18(13-6-4-3-5-7-13)21-22-19(15)24(2)23-17;1-24-18-14(16(23-24)12-7-9-13(19)10-8-12)15(20)17(21-22-18)11-5-3-2-4-6-11;;/h4-12H,3H2,1-2H3;2-10H,1H3;3-11H,1-2H3;3-11H,1-2H3;2-10H,1H3;2*1H4. The maximum atomic E-state index is 11.9. The van der Waals surface area contributed by atoms with E-state index in [0.29, 0.717) is 104 Å². The Kier molecular flexibility index (Phi) is 27.5. The van der Waals surface area contributed by atoms with Crippen molar-refractivity contribution in [3.8, 4) is 124 Å². The number of methoxy groups -OCH3 is 1. The molecule has 10 aromatic carbocycles. The first-order chi connectivity index (χ1) is 60.8. The molecule has 0 aliphatic carbocycles. The van der Waals surface area contributed by atoms with Crippen LogP contribution >= 0.6 is 69.6 Å². The van der Waals surface area contributed by atoms with Gasteiger partial charge in [-0.1, -0.05) is 321 Å². The molecule has 630 valence electrons. The van der Waals surface area contributed by atoms with Gasteiger partial charge in [0.25, 0.3) is 0 Å². The fraction of sp³-hybridized carbons (Fsp3) is 0.112. The quantitative estimate of drug-likeness (QED) is 0.0970. The summed E-state index contributed by atoms with van der Waals surface area (Å²) in [5, 5.41) is 82.4. The Bertz CT molecular complexity index is 7210. The number of fused-ring (bicyclic) bond motifs is 5. The molecule has 0 unspecified atom stereocenters. The van der Waals surface area contributed by atoms with Crippen molar-refractivity contribution in [2.45, 2.75) is 35.1 Å². The number of rotatable bonds is 13. The minimum Gasteiger partial charge on any atom is -0.497 e. The number of Topliss-reactive ketones (excluding diaryl/α,β-unsaturated/α-hetero) is 1. The summed E-state index contributed by atoms with van der Waals surface area (Å²) in [5.74, 6) is 0.905. The van der Waals surface area contributed by atoms with Crippen LogP contribution in [0.4, 0.5) is 0 Å². The fourth-order valence-electron chi connectivity index (χ4n) is 14.2. The number of hydrogen-bond acceptors (Lipinski definition) is 18. The number of carbonyl (C=O) groups excluding carboxylic acids is 1. The summed E-state index contributed by atoms with van der Waals surface area (Å²) in [5.41, 5.74) is 21.9. The predicted molar refractivity (Wildman–Crippen MR) is 510 cm³/mol. The minimum absolute atomic E-state index is 0. The number of halogens is 6. The molecule has 20 aromatic rings. The second-order valence-electron chi connectivity index (χ2n) is 28.6. The van der Waals surface area contributed by atoms with Crippen molar-refractivity contribution < 1.29 is 9.53 Å². The summed E-state index contributed by atoms with van der Waals surface area (Å²) in [7, 11) is 10.8. The van der Waals surface area contributed by atoms with Crippen LogP contribution < -0.4 is 4.74 Å². The van der Waals surface area contributed by atoms with Crippen LogP contribution in [0, 0.1) is 18.3 Å². The molecule has 0 bridgehead atoms. The molecule has 0 amide bonds. The Morgan fingerprint density at radius 2 is 0.528 bits per heavy atom. The number of carbonyl (C=O) groups is 1. The van der Waals surface area contributed by atoms with Crippen molar-refractivity contribution in [1.29, 1.82) is 5.26 Å². The number of nitriles is 1. The highest BCUT2D eigenvalue weighted by Crippen LogP contribution is 2.44. The second kappa shape index (κ2) is 39.2. The van der Waals surface area contributed by atoms with E-state index in [1.165, 1.54) is 5.56 Å². The average molecular weight is 1800 g/mol. The zero-order valence-electron chi connectivity index (χ0n) is 68.2. The van der Waals surface area contributed by atoms with Gasteiger partial charge in [0, 0.05) is 108 Å². The molecule has 0 spiro atoms. The van der Waals surface area contributed by atoms with Crippen molar-refractivity contribution in [1.82, 2.24) is 99.9 Å². The van der Waals surface area contributed by atoms with Crippen molar-refractivity contribution in [2.75, 3.05) is 7.11 Å². The van der Waals surface area contributed by atoms with Gasteiger partial charge in [-0.3, -0.25) is 4.79 Å². The van der Waals surface area contributed by atoms with Gasteiger partial charge in [0.2, 0.25) is 0 Å². The van der Waals surface area contributed by atoms with Crippen molar-refractivity contribution >= 4 is 131 Å². The molecule has 0 aliphatic heterocycles. The van der Waals surface area contributed by atoms with E-state index in [9.17, 15) is 4.79 Å². The van der Waals surface area contributed by atoms with E-state index >= 15 is 0 Å². The van der Waals surface area contributed by atoms with Gasteiger partial charge in [0.05, 0.1) is 70.8 Å². The van der Waals surface area contributed by atoms with Crippen LogP contribution in [0.15, 0.2) is 273 Å². The van der Waals surface area contributed by atoms with Crippen LogP contribution in [0.1, 0.15) is 49.7 Å². The van der Waals surface area contributed by atoms with E-state index in [2.05, 4.69) is 114 Å². The van der Waals surface area contributed by atoms with Gasteiger partial charge in [-0.25, -0.2) is 23.4 Å². The zero-order chi connectivity index (χ0) is 87.1. The summed E-state index contributed by atoms with van der Waals surface area (Å²) in [6.45, 7) is 3.92. The first-order valence-corrected chi connectivity index (χ1v) is 41.4. The number of ether oxygens (including phenoxy) is 1. The molecule has 10 heterocycles. The van der Waals surface area contributed by atoms with E-state index < -0.39 is 0 Å². The Hall–Kier alpha value is -14.4. The smallest absolute Gasteiger partial charge is 0.182 e. The van der Waals surface area contributed by atoms with E-state index in [1.54, 1.807) is 42.7 Å². The minimum atomic E-state index is 0. The molecule has 0 saturated heterocycles.